The van der Waals surface area contributed by atoms with Crippen LogP contribution in [0.1, 0.15) is 71.1 Å². The lowest BCUT2D eigenvalue weighted by Crippen LogP contribution is -2.47. The fraction of sp³-hybridized carbons (Fsp3) is 1.00. The molecular weight excluding hydrogens is 244 g/mol. The minimum atomic E-state index is 0.588. The SMILES string of the molecule is CC1CCCC(CNC2CC2)(CN2CCCCCC2)C1. The van der Waals surface area contributed by atoms with Gasteiger partial charge < -0.3 is 10.2 Å². The predicted octanol–water partition coefficient (Wildman–Crippen LogP) is 3.81. The summed E-state index contributed by atoms with van der Waals surface area (Å²) in [6.45, 7) is 7.86. The normalized spacial score (nSPS) is 36.8. The smallest absolute Gasteiger partial charge is 0.00684 e. The van der Waals surface area contributed by atoms with E-state index >= 15 is 0 Å². The second kappa shape index (κ2) is 6.79. The molecule has 1 N–H and O–H groups in total. The van der Waals surface area contributed by atoms with Crippen molar-refractivity contribution in [1.29, 1.82) is 0 Å². The Labute approximate surface area is 125 Å². The zero-order valence-electron chi connectivity index (χ0n) is 13.5. The number of nitrogens with one attached hydrogen (secondary N) is 1. The summed E-state index contributed by atoms with van der Waals surface area (Å²) in [5.74, 6) is 0.941. The van der Waals surface area contributed by atoms with E-state index in [4.69, 9.17) is 0 Å². The minimum Gasteiger partial charge on any atom is -0.313 e. The molecule has 3 aliphatic rings. The van der Waals surface area contributed by atoms with E-state index in [-0.39, 0.29) is 0 Å². The molecule has 3 rings (SSSR count). The molecule has 0 radical (unpaired) electrons. The highest BCUT2D eigenvalue weighted by Gasteiger charge is 2.37. The van der Waals surface area contributed by atoms with Crippen LogP contribution in [0.5, 0.6) is 0 Å². The van der Waals surface area contributed by atoms with Crippen LogP contribution in [0.4, 0.5) is 0 Å². The lowest BCUT2D eigenvalue weighted by molar-refractivity contribution is 0.0811. The fourth-order valence-corrected chi connectivity index (χ4v) is 4.55. The van der Waals surface area contributed by atoms with Gasteiger partial charge in [-0.05, 0) is 62.9 Å². The van der Waals surface area contributed by atoms with Crippen LogP contribution in [0.15, 0.2) is 0 Å². The van der Waals surface area contributed by atoms with Crippen LogP contribution in [0.25, 0.3) is 0 Å². The molecule has 2 nitrogen and oxygen atoms in total. The van der Waals surface area contributed by atoms with Crippen molar-refractivity contribution in [3.63, 3.8) is 0 Å². The minimum absolute atomic E-state index is 0.588. The van der Waals surface area contributed by atoms with Crippen LogP contribution >= 0.6 is 0 Å². The lowest BCUT2D eigenvalue weighted by atomic mass is 9.69. The van der Waals surface area contributed by atoms with Crippen LogP contribution in [0.3, 0.4) is 0 Å². The Balaban J connectivity index is 1.60. The predicted molar refractivity (Wildman–Crippen MR) is 86.0 cm³/mol. The molecule has 0 amide bonds. The van der Waals surface area contributed by atoms with Gasteiger partial charge in [0.1, 0.15) is 0 Å². The fourth-order valence-electron chi connectivity index (χ4n) is 4.55. The average molecular weight is 278 g/mol. The summed E-state index contributed by atoms with van der Waals surface area (Å²) in [6.07, 6.45) is 14.5. The van der Waals surface area contributed by atoms with Crippen LogP contribution < -0.4 is 5.32 Å². The summed E-state index contributed by atoms with van der Waals surface area (Å²) in [6, 6.07) is 0.869. The van der Waals surface area contributed by atoms with E-state index in [9.17, 15) is 0 Å². The van der Waals surface area contributed by atoms with Gasteiger partial charge in [0.2, 0.25) is 0 Å². The molecule has 2 unspecified atom stereocenters. The molecule has 2 heteroatoms. The molecule has 2 atom stereocenters. The summed E-state index contributed by atoms with van der Waals surface area (Å²) >= 11 is 0. The summed E-state index contributed by atoms with van der Waals surface area (Å²) in [4.78, 5) is 2.81. The van der Waals surface area contributed by atoms with Crippen molar-refractivity contribution in [2.45, 2.75) is 77.2 Å². The second-order valence-corrected chi connectivity index (χ2v) is 8.05. The van der Waals surface area contributed by atoms with E-state index in [1.54, 1.807) is 0 Å². The van der Waals surface area contributed by atoms with Gasteiger partial charge in [-0.2, -0.15) is 0 Å². The number of likely N-dealkylation sites (tertiary alicyclic amines) is 1. The summed E-state index contributed by atoms with van der Waals surface area (Å²) < 4.78 is 0. The monoisotopic (exact) mass is 278 g/mol. The largest absolute Gasteiger partial charge is 0.313 e. The third kappa shape index (κ3) is 4.21. The molecule has 0 aromatic heterocycles. The first-order valence-corrected chi connectivity index (χ1v) is 9.22. The zero-order chi connectivity index (χ0) is 13.8. The van der Waals surface area contributed by atoms with E-state index in [1.807, 2.05) is 0 Å². The standard InChI is InChI=1S/C18H34N2/c1-16-7-6-10-18(13-16,14-19-17-8-9-17)15-20-11-4-2-3-5-12-20/h16-17,19H,2-15H2,1H3. The van der Waals surface area contributed by atoms with Crippen LogP contribution in [0.2, 0.25) is 0 Å². The van der Waals surface area contributed by atoms with Crippen molar-refractivity contribution in [1.82, 2.24) is 10.2 Å². The van der Waals surface area contributed by atoms with Crippen LogP contribution in [-0.2, 0) is 0 Å². The molecule has 3 fully saturated rings. The van der Waals surface area contributed by atoms with E-state index in [0.29, 0.717) is 5.41 Å². The summed E-state index contributed by atoms with van der Waals surface area (Å²) in [7, 11) is 0. The van der Waals surface area contributed by atoms with E-state index in [2.05, 4.69) is 17.1 Å². The molecule has 20 heavy (non-hydrogen) atoms. The molecule has 1 aliphatic heterocycles. The van der Waals surface area contributed by atoms with Crippen molar-refractivity contribution >= 4 is 0 Å². The Morgan fingerprint density at radius 1 is 1.00 bits per heavy atom. The van der Waals surface area contributed by atoms with Gasteiger partial charge in [-0.25, -0.2) is 0 Å². The summed E-state index contributed by atoms with van der Waals surface area (Å²) in [5, 5.41) is 3.87. The number of rotatable bonds is 5. The first-order chi connectivity index (χ1) is 9.76. The van der Waals surface area contributed by atoms with Crippen molar-refractivity contribution in [3.8, 4) is 0 Å². The van der Waals surface area contributed by atoms with Crippen LogP contribution in [0, 0.1) is 11.3 Å². The maximum Gasteiger partial charge on any atom is 0.00684 e. The van der Waals surface area contributed by atoms with E-state index in [1.165, 1.54) is 90.4 Å². The maximum atomic E-state index is 3.87. The molecule has 116 valence electrons. The third-order valence-corrected chi connectivity index (χ3v) is 5.79. The Kier molecular flexibility index (Phi) is 5.04. The van der Waals surface area contributed by atoms with Crippen molar-refractivity contribution < 1.29 is 0 Å². The zero-order valence-corrected chi connectivity index (χ0v) is 13.5. The Morgan fingerprint density at radius 3 is 2.40 bits per heavy atom. The Morgan fingerprint density at radius 2 is 1.75 bits per heavy atom. The molecule has 0 aromatic carbocycles. The number of hydrogen-bond acceptors (Lipinski definition) is 2. The van der Waals surface area contributed by atoms with Gasteiger partial charge in [-0.1, -0.05) is 32.6 Å². The molecule has 2 saturated carbocycles. The van der Waals surface area contributed by atoms with Crippen molar-refractivity contribution in [2.24, 2.45) is 11.3 Å². The number of hydrogen-bond donors (Lipinski definition) is 1. The second-order valence-electron chi connectivity index (χ2n) is 8.05. The number of nitrogens with zero attached hydrogens (tertiary/aromatic N) is 1. The molecule has 0 spiro atoms. The average Bonchev–Trinajstić information content (AvgIpc) is 3.24. The van der Waals surface area contributed by atoms with Gasteiger partial charge in [0.25, 0.3) is 0 Å². The molecule has 0 aromatic rings. The molecule has 1 saturated heterocycles. The van der Waals surface area contributed by atoms with Gasteiger partial charge >= 0.3 is 0 Å². The van der Waals surface area contributed by atoms with Gasteiger partial charge in [-0.3, -0.25) is 0 Å². The highest BCUT2D eigenvalue weighted by atomic mass is 15.1. The highest BCUT2D eigenvalue weighted by molar-refractivity contribution is 4.93. The Hall–Kier alpha value is -0.0800. The molecular formula is C18H34N2. The molecule has 2 aliphatic carbocycles. The Bertz CT molecular complexity index is 292. The maximum absolute atomic E-state index is 3.87. The van der Waals surface area contributed by atoms with Crippen molar-refractivity contribution in [3.05, 3.63) is 0 Å². The topological polar surface area (TPSA) is 15.3 Å². The first-order valence-electron chi connectivity index (χ1n) is 9.22. The third-order valence-electron chi connectivity index (χ3n) is 5.79. The van der Waals surface area contributed by atoms with E-state index in [0.717, 1.165) is 12.0 Å². The van der Waals surface area contributed by atoms with Crippen LogP contribution in [-0.4, -0.2) is 37.1 Å². The highest BCUT2D eigenvalue weighted by Crippen LogP contribution is 2.40. The first kappa shape index (κ1) is 14.8. The van der Waals surface area contributed by atoms with Gasteiger partial charge in [0.05, 0.1) is 0 Å². The lowest BCUT2D eigenvalue weighted by Gasteiger charge is -2.43. The molecule has 0 bridgehead atoms. The van der Waals surface area contributed by atoms with Gasteiger partial charge in [0.15, 0.2) is 0 Å². The van der Waals surface area contributed by atoms with Crippen molar-refractivity contribution in [2.75, 3.05) is 26.2 Å². The van der Waals surface area contributed by atoms with Gasteiger partial charge in [-0.15, -0.1) is 0 Å². The quantitative estimate of drug-likeness (QED) is 0.822. The van der Waals surface area contributed by atoms with E-state index < -0.39 is 0 Å². The van der Waals surface area contributed by atoms with Gasteiger partial charge in [0, 0.05) is 19.1 Å². The summed E-state index contributed by atoms with van der Waals surface area (Å²) in [5.41, 5.74) is 0.588. The molecule has 1 heterocycles.